The SMILES string of the molecule is Cc1cccc(N(Cc2ccc(C(=O)NO)cc2)C(=O)N2CCOCC2)c1. The third kappa shape index (κ3) is 4.64. The molecule has 1 heterocycles. The lowest BCUT2D eigenvalue weighted by Crippen LogP contribution is -2.48. The van der Waals surface area contributed by atoms with Gasteiger partial charge in [0, 0.05) is 24.3 Å². The van der Waals surface area contributed by atoms with E-state index in [2.05, 4.69) is 0 Å². The van der Waals surface area contributed by atoms with Crippen LogP contribution >= 0.6 is 0 Å². The number of amides is 3. The van der Waals surface area contributed by atoms with Crippen LogP contribution in [0.5, 0.6) is 0 Å². The highest BCUT2D eigenvalue weighted by atomic mass is 16.5. The van der Waals surface area contributed by atoms with Crippen molar-refractivity contribution in [2.24, 2.45) is 0 Å². The number of hydroxylamine groups is 1. The Balaban J connectivity index is 1.85. The lowest BCUT2D eigenvalue weighted by molar-refractivity contribution is 0.0548. The molecule has 2 aromatic carbocycles. The van der Waals surface area contributed by atoms with E-state index >= 15 is 0 Å². The highest BCUT2D eigenvalue weighted by molar-refractivity contribution is 5.94. The van der Waals surface area contributed by atoms with Crippen molar-refractivity contribution in [3.63, 3.8) is 0 Å². The molecule has 142 valence electrons. The standard InChI is InChI=1S/C20H23N3O4/c1-15-3-2-4-18(13-15)23(20(25)22-9-11-27-12-10-22)14-16-5-7-17(8-6-16)19(24)21-26/h2-8,13,26H,9-12,14H2,1H3,(H,21,24). The molecule has 2 aromatic rings. The number of rotatable bonds is 4. The van der Waals surface area contributed by atoms with Gasteiger partial charge >= 0.3 is 6.03 Å². The summed E-state index contributed by atoms with van der Waals surface area (Å²) in [6.45, 7) is 4.58. The van der Waals surface area contributed by atoms with Crippen LogP contribution in [0.15, 0.2) is 48.5 Å². The van der Waals surface area contributed by atoms with E-state index in [4.69, 9.17) is 9.94 Å². The van der Waals surface area contributed by atoms with Crippen LogP contribution in [0.25, 0.3) is 0 Å². The lowest BCUT2D eigenvalue weighted by atomic mass is 10.1. The first-order chi connectivity index (χ1) is 13.1. The van der Waals surface area contributed by atoms with Gasteiger partial charge < -0.3 is 9.64 Å². The molecule has 0 spiro atoms. The lowest BCUT2D eigenvalue weighted by Gasteiger charge is -2.33. The topological polar surface area (TPSA) is 82.1 Å². The number of carbonyl (C=O) groups is 2. The summed E-state index contributed by atoms with van der Waals surface area (Å²) in [4.78, 5) is 28.1. The minimum Gasteiger partial charge on any atom is -0.378 e. The summed E-state index contributed by atoms with van der Waals surface area (Å²) < 4.78 is 5.35. The quantitative estimate of drug-likeness (QED) is 0.641. The Labute approximate surface area is 158 Å². The third-order valence-corrected chi connectivity index (χ3v) is 4.48. The fourth-order valence-electron chi connectivity index (χ4n) is 3.00. The van der Waals surface area contributed by atoms with Gasteiger partial charge in [0.05, 0.1) is 19.8 Å². The molecule has 2 N–H and O–H groups in total. The van der Waals surface area contributed by atoms with E-state index in [1.165, 1.54) is 0 Å². The number of morpholine rings is 1. The summed E-state index contributed by atoms with van der Waals surface area (Å²) in [6, 6.07) is 14.5. The van der Waals surface area contributed by atoms with Crippen molar-refractivity contribution in [3.05, 3.63) is 65.2 Å². The summed E-state index contributed by atoms with van der Waals surface area (Å²) in [5.74, 6) is -0.568. The maximum Gasteiger partial charge on any atom is 0.324 e. The van der Waals surface area contributed by atoms with Crippen molar-refractivity contribution in [3.8, 4) is 0 Å². The van der Waals surface area contributed by atoms with Gasteiger partial charge in [0.1, 0.15) is 0 Å². The van der Waals surface area contributed by atoms with Gasteiger partial charge in [-0.1, -0.05) is 24.3 Å². The zero-order chi connectivity index (χ0) is 19.2. The summed E-state index contributed by atoms with van der Waals surface area (Å²) in [6.07, 6.45) is 0. The Morgan fingerprint density at radius 1 is 1.15 bits per heavy atom. The Morgan fingerprint density at radius 2 is 1.85 bits per heavy atom. The minimum atomic E-state index is -0.568. The Bertz CT molecular complexity index is 801. The van der Waals surface area contributed by atoms with Gasteiger partial charge in [0.15, 0.2) is 0 Å². The maximum absolute atomic E-state index is 13.1. The number of nitrogens with one attached hydrogen (secondary N) is 1. The van der Waals surface area contributed by atoms with Gasteiger partial charge in [-0.15, -0.1) is 0 Å². The number of hydrogen-bond donors (Lipinski definition) is 2. The largest absolute Gasteiger partial charge is 0.378 e. The number of anilines is 1. The zero-order valence-electron chi connectivity index (χ0n) is 15.2. The van der Waals surface area contributed by atoms with Crippen LogP contribution in [0.4, 0.5) is 10.5 Å². The van der Waals surface area contributed by atoms with Crippen LogP contribution in [0.2, 0.25) is 0 Å². The second-order valence-electron chi connectivity index (χ2n) is 6.44. The molecule has 27 heavy (non-hydrogen) atoms. The van der Waals surface area contributed by atoms with Gasteiger partial charge in [-0.05, 0) is 42.3 Å². The molecule has 0 aromatic heterocycles. The monoisotopic (exact) mass is 369 g/mol. The Hall–Kier alpha value is -2.90. The van der Waals surface area contributed by atoms with E-state index in [1.54, 1.807) is 39.5 Å². The van der Waals surface area contributed by atoms with Crippen molar-refractivity contribution in [1.29, 1.82) is 0 Å². The van der Waals surface area contributed by atoms with Crippen LogP contribution in [-0.2, 0) is 11.3 Å². The smallest absolute Gasteiger partial charge is 0.324 e. The highest BCUT2D eigenvalue weighted by Crippen LogP contribution is 2.21. The zero-order valence-corrected chi connectivity index (χ0v) is 15.2. The molecule has 3 rings (SSSR count). The molecule has 3 amide bonds. The molecule has 1 aliphatic heterocycles. The van der Waals surface area contributed by atoms with Crippen LogP contribution < -0.4 is 10.4 Å². The molecule has 0 unspecified atom stereocenters. The molecule has 7 heteroatoms. The highest BCUT2D eigenvalue weighted by Gasteiger charge is 2.24. The summed E-state index contributed by atoms with van der Waals surface area (Å²) in [5.41, 5.74) is 4.74. The van der Waals surface area contributed by atoms with Crippen LogP contribution in [0, 0.1) is 6.92 Å². The Kier molecular flexibility index (Phi) is 6.05. The summed E-state index contributed by atoms with van der Waals surface area (Å²) >= 11 is 0. The van der Waals surface area contributed by atoms with Crippen molar-refractivity contribution in [1.82, 2.24) is 10.4 Å². The molecule has 0 saturated carbocycles. The number of urea groups is 1. The fourth-order valence-corrected chi connectivity index (χ4v) is 3.00. The number of carbonyl (C=O) groups excluding carboxylic acids is 2. The molecule has 1 fully saturated rings. The van der Waals surface area contributed by atoms with Crippen LogP contribution in [-0.4, -0.2) is 48.3 Å². The maximum atomic E-state index is 13.1. The summed E-state index contributed by atoms with van der Waals surface area (Å²) in [7, 11) is 0. The van der Waals surface area contributed by atoms with Gasteiger partial charge in [-0.25, -0.2) is 10.3 Å². The molecule has 0 aliphatic carbocycles. The van der Waals surface area contributed by atoms with Gasteiger partial charge in [0.25, 0.3) is 5.91 Å². The number of hydrogen-bond acceptors (Lipinski definition) is 4. The molecule has 1 aliphatic rings. The van der Waals surface area contributed by atoms with Crippen LogP contribution in [0.3, 0.4) is 0 Å². The van der Waals surface area contributed by atoms with E-state index in [0.717, 1.165) is 16.8 Å². The van der Waals surface area contributed by atoms with E-state index in [1.807, 2.05) is 31.2 Å². The first-order valence-corrected chi connectivity index (χ1v) is 8.82. The van der Waals surface area contributed by atoms with Crippen molar-refractivity contribution < 1.29 is 19.5 Å². The molecule has 0 atom stereocenters. The normalized spacial score (nSPS) is 13.9. The van der Waals surface area contributed by atoms with E-state index in [9.17, 15) is 9.59 Å². The Morgan fingerprint density at radius 3 is 2.48 bits per heavy atom. The number of aryl methyl sites for hydroxylation is 1. The molecular weight excluding hydrogens is 346 g/mol. The minimum absolute atomic E-state index is 0.0684. The number of benzene rings is 2. The predicted octanol–water partition coefficient (Wildman–Crippen LogP) is 2.57. The first kappa shape index (κ1) is 18.9. The first-order valence-electron chi connectivity index (χ1n) is 8.82. The van der Waals surface area contributed by atoms with Gasteiger partial charge in [-0.2, -0.15) is 0 Å². The predicted molar refractivity (Wildman–Crippen MR) is 101 cm³/mol. The van der Waals surface area contributed by atoms with Gasteiger partial charge in [0.2, 0.25) is 0 Å². The molecule has 0 bridgehead atoms. The summed E-state index contributed by atoms with van der Waals surface area (Å²) in [5, 5.41) is 8.73. The fraction of sp³-hybridized carbons (Fsp3) is 0.300. The number of nitrogens with zero attached hydrogens (tertiary/aromatic N) is 2. The van der Waals surface area contributed by atoms with E-state index < -0.39 is 5.91 Å². The average Bonchev–Trinajstić information content (AvgIpc) is 2.72. The van der Waals surface area contributed by atoms with Crippen LogP contribution in [0.1, 0.15) is 21.5 Å². The third-order valence-electron chi connectivity index (χ3n) is 4.48. The van der Waals surface area contributed by atoms with E-state index in [-0.39, 0.29) is 6.03 Å². The molecule has 0 radical (unpaired) electrons. The van der Waals surface area contributed by atoms with E-state index in [0.29, 0.717) is 38.4 Å². The number of ether oxygens (including phenoxy) is 1. The van der Waals surface area contributed by atoms with Crippen molar-refractivity contribution in [2.75, 3.05) is 31.2 Å². The molecule has 1 saturated heterocycles. The van der Waals surface area contributed by atoms with Crippen molar-refractivity contribution >= 4 is 17.6 Å². The average molecular weight is 369 g/mol. The molecule has 7 nitrogen and oxygen atoms in total. The molecular formula is C20H23N3O4. The van der Waals surface area contributed by atoms with Crippen molar-refractivity contribution in [2.45, 2.75) is 13.5 Å². The second kappa shape index (κ2) is 8.66. The second-order valence-corrected chi connectivity index (χ2v) is 6.44. The van der Waals surface area contributed by atoms with Gasteiger partial charge in [-0.3, -0.25) is 14.9 Å².